The smallest absolute Gasteiger partial charge is 0.223 e. The maximum Gasteiger partial charge on any atom is 0.223 e. The molecule has 4 heteroatoms. The summed E-state index contributed by atoms with van der Waals surface area (Å²) < 4.78 is 13.3. The minimum absolute atomic E-state index is 0.0680. The lowest BCUT2D eigenvalue weighted by molar-refractivity contribution is 0.103. The molecule has 3 nitrogen and oxygen atoms in total. The standard InChI is InChI=1S/C25H25O3P/c1-15-10-9-11-16(2)22(15)25(27)29(28)24-17(3)14-21(18(4)19(24)5)23(26)20-12-7-6-8-13-20/h6-14,29H,1-5H3. The molecule has 1 atom stereocenters. The third-order valence-corrected chi connectivity index (χ3v) is 7.40. The molecule has 0 saturated heterocycles. The van der Waals surface area contributed by atoms with E-state index in [0.717, 1.165) is 27.8 Å². The number of benzene rings is 3. The van der Waals surface area contributed by atoms with Crippen molar-refractivity contribution in [3.8, 4) is 0 Å². The predicted octanol–water partition coefficient (Wildman–Crippen LogP) is 5.49. The quantitative estimate of drug-likeness (QED) is 0.418. The molecule has 3 aromatic rings. The highest BCUT2D eigenvalue weighted by Gasteiger charge is 2.25. The van der Waals surface area contributed by atoms with Crippen LogP contribution in [0.5, 0.6) is 0 Å². The van der Waals surface area contributed by atoms with Gasteiger partial charge in [0.15, 0.2) is 13.6 Å². The van der Waals surface area contributed by atoms with Gasteiger partial charge in [0.1, 0.15) is 0 Å². The van der Waals surface area contributed by atoms with Gasteiger partial charge in [0.2, 0.25) is 5.52 Å². The van der Waals surface area contributed by atoms with Crippen LogP contribution in [-0.2, 0) is 4.57 Å². The number of aryl methyl sites for hydroxylation is 3. The molecule has 0 aliphatic rings. The van der Waals surface area contributed by atoms with Crippen LogP contribution in [0.3, 0.4) is 0 Å². The zero-order valence-electron chi connectivity index (χ0n) is 17.4. The van der Waals surface area contributed by atoms with Crippen LogP contribution in [0.15, 0.2) is 54.6 Å². The molecule has 0 spiro atoms. The number of rotatable bonds is 5. The Morgan fingerprint density at radius 1 is 0.724 bits per heavy atom. The van der Waals surface area contributed by atoms with Gasteiger partial charge in [0.05, 0.1) is 0 Å². The Bertz CT molecular complexity index is 1120. The molecular formula is C25H25O3P. The SMILES string of the molecule is Cc1cccc(C)c1C(=O)[PH](=O)c1c(C)cc(C(=O)c2ccccc2)c(C)c1C. The normalized spacial score (nSPS) is 11.9. The lowest BCUT2D eigenvalue weighted by Crippen LogP contribution is -2.17. The molecule has 0 amide bonds. The van der Waals surface area contributed by atoms with E-state index in [2.05, 4.69) is 0 Å². The third kappa shape index (κ3) is 3.88. The highest BCUT2D eigenvalue weighted by molar-refractivity contribution is 7.71. The molecule has 3 aromatic carbocycles. The van der Waals surface area contributed by atoms with E-state index < -0.39 is 7.80 Å². The molecule has 0 N–H and O–H groups in total. The second kappa shape index (κ2) is 8.31. The summed E-state index contributed by atoms with van der Waals surface area (Å²) in [4.78, 5) is 26.1. The van der Waals surface area contributed by atoms with Crippen LogP contribution in [0.25, 0.3) is 0 Å². The fraction of sp³-hybridized carbons (Fsp3) is 0.200. The van der Waals surface area contributed by atoms with Crippen molar-refractivity contribution in [1.29, 1.82) is 0 Å². The van der Waals surface area contributed by atoms with Gasteiger partial charge < -0.3 is 4.57 Å². The zero-order valence-corrected chi connectivity index (χ0v) is 18.4. The molecule has 0 heterocycles. The summed E-state index contributed by atoms with van der Waals surface area (Å²) in [7, 11) is -2.73. The van der Waals surface area contributed by atoms with Gasteiger partial charge in [-0.25, -0.2) is 0 Å². The average Bonchev–Trinajstić information content (AvgIpc) is 2.70. The fourth-order valence-electron chi connectivity index (χ4n) is 3.81. The average molecular weight is 404 g/mol. The van der Waals surface area contributed by atoms with Gasteiger partial charge in [-0.1, -0.05) is 48.5 Å². The van der Waals surface area contributed by atoms with Crippen molar-refractivity contribution >= 4 is 24.4 Å². The van der Waals surface area contributed by atoms with E-state index in [9.17, 15) is 14.2 Å². The third-order valence-electron chi connectivity index (χ3n) is 5.52. The molecule has 0 radical (unpaired) electrons. The van der Waals surface area contributed by atoms with Gasteiger partial charge in [-0.3, -0.25) is 9.59 Å². The first kappa shape index (κ1) is 21.0. The molecule has 0 bridgehead atoms. The van der Waals surface area contributed by atoms with Crippen LogP contribution in [0.2, 0.25) is 0 Å². The highest BCUT2D eigenvalue weighted by atomic mass is 31.1. The van der Waals surface area contributed by atoms with Gasteiger partial charge in [-0.15, -0.1) is 0 Å². The van der Waals surface area contributed by atoms with E-state index in [-0.39, 0.29) is 11.3 Å². The Balaban J connectivity index is 2.08. The van der Waals surface area contributed by atoms with Crippen molar-refractivity contribution in [1.82, 2.24) is 0 Å². The maximum atomic E-state index is 13.3. The molecule has 1 unspecified atom stereocenters. The van der Waals surface area contributed by atoms with Crippen molar-refractivity contribution in [2.24, 2.45) is 0 Å². The lowest BCUT2D eigenvalue weighted by Gasteiger charge is -2.17. The molecule has 0 aliphatic heterocycles. The summed E-state index contributed by atoms with van der Waals surface area (Å²) in [6.07, 6.45) is 0. The first-order chi connectivity index (χ1) is 13.7. The van der Waals surface area contributed by atoms with Crippen molar-refractivity contribution < 1.29 is 14.2 Å². The maximum absolute atomic E-state index is 13.3. The van der Waals surface area contributed by atoms with E-state index in [1.165, 1.54) is 0 Å². The van der Waals surface area contributed by atoms with Crippen LogP contribution in [0.1, 0.15) is 54.1 Å². The predicted molar refractivity (Wildman–Crippen MR) is 119 cm³/mol. The van der Waals surface area contributed by atoms with Crippen LogP contribution >= 0.6 is 7.80 Å². The summed E-state index contributed by atoms with van der Waals surface area (Å²) in [5.74, 6) is -0.0680. The topological polar surface area (TPSA) is 51.2 Å². The number of ketones is 1. The van der Waals surface area contributed by atoms with E-state index in [1.54, 1.807) is 18.2 Å². The summed E-state index contributed by atoms with van der Waals surface area (Å²) in [6.45, 7) is 9.25. The molecule has 29 heavy (non-hydrogen) atoms. The van der Waals surface area contributed by atoms with Gasteiger partial charge in [-0.05, 0) is 68.5 Å². The van der Waals surface area contributed by atoms with Crippen LogP contribution < -0.4 is 5.30 Å². The van der Waals surface area contributed by atoms with Crippen LogP contribution in [0, 0.1) is 34.6 Å². The highest BCUT2D eigenvalue weighted by Crippen LogP contribution is 2.34. The van der Waals surface area contributed by atoms with Gasteiger partial charge in [0.25, 0.3) is 0 Å². The Morgan fingerprint density at radius 3 is 1.90 bits per heavy atom. The number of hydrogen-bond donors (Lipinski definition) is 0. The molecule has 148 valence electrons. The van der Waals surface area contributed by atoms with Gasteiger partial charge >= 0.3 is 0 Å². The van der Waals surface area contributed by atoms with Crippen molar-refractivity contribution in [2.75, 3.05) is 0 Å². The zero-order chi connectivity index (χ0) is 21.3. The minimum Gasteiger partial charge on any atom is -0.313 e. The molecular weight excluding hydrogens is 379 g/mol. The first-order valence-electron chi connectivity index (χ1n) is 9.59. The van der Waals surface area contributed by atoms with E-state index in [4.69, 9.17) is 0 Å². The summed E-state index contributed by atoms with van der Waals surface area (Å²) in [5.41, 5.74) is 5.32. The molecule has 0 fully saturated rings. The van der Waals surface area contributed by atoms with E-state index in [0.29, 0.717) is 22.0 Å². The lowest BCUT2D eigenvalue weighted by atomic mass is 9.94. The fourth-order valence-corrected chi connectivity index (χ4v) is 5.62. The van der Waals surface area contributed by atoms with Gasteiger partial charge in [-0.2, -0.15) is 0 Å². The second-order valence-electron chi connectivity index (χ2n) is 7.49. The summed E-state index contributed by atoms with van der Waals surface area (Å²) >= 11 is 0. The van der Waals surface area contributed by atoms with E-state index >= 15 is 0 Å². The minimum atomic E-state index is -2.73. The Kier molecular flexibility index (Phi) is 6.00. The number of carbonyl (C=O) groups excluding carboxylic acids is 2. The van der Waals surface area contributed by atoms with E-state index in [1.807, 2.05) is 71.0 Å². The molecule has 0 aliphatic carbocycles. The largest absolute Gasteiger partial charge is 0.313 e. The van der Waals surface area contributed by atoms with Crippen LogP contribution in [-0.4, -0.2) is 11.3 Å². The van der Waals surface area contributed by atoms with Crippen molar-refractivity contribution in [3.05, 3.63) is 99.1 Å². The second-order valence-corrected chi connectivity index (χ2v) is 9.10. The van der Waals surface area contributed by atoms with Crippen molar-refractivity contribution in [2.45, 2.75) is 34.6 Å². The summed E-state index contributed by atoms with van der Waals surface area (Å²) in [5, 5.41) is 0.574. The van der Waals surface area contributed by atoms with Crippen molar-refractivity contribution in [3.63, 3.8) is 0 Å². The summed E-state index contributed by atoms with van der Waals surface area (Å²) in [6, 6.07) is 16.5. The molecule has 0 aromatic heterocycles. The molecule has 0 saturated carbocycles. The van der Waals surface area contributed by atoms with Gasteiger partial charge in [0, 0.05) is 22.0 Å². The van der Waals surface area contributed by atoms with Crippen LogP contribution in [0.4, 0.5) is 0 Å². The Hall–Kier alpha value is -2.77. The Morgan fingerprint density at radius 2 is 1.31 bits per heavy atom. The molecule has 3 rings (SSSR count). The Labute approximate surface area is 172 Å². The number of carbonyl (C=O) groups is 2. The monoisotopic (exact) mass is 404 g/mol. The first-order valence-corrected chi connectivity index (χ1v) is 11.0. The number of hydrogen-bond acceptors (Lipinski definition) is 3.